The van der Waals surface area contributed by atoms with Crippen molar-refractivity contribution in [2.45, 2.75) is 367 Å². The Balaban J connectivity index is 4.26. The third-order valence-electron chi connectivity index (χ3n) is 15.4. The van der Waals surface area contributed by atoms with E-state index in [1.54, 1.807) is 0 Å². The molecule has 0 aromatic rings. The number of hydrogen-bond acceptors (Lipinski definition) is 6. The van der Waals surface area contributed by atoms with Gasteiger partial charge in [-0.15, -0.1) is 0 Å². The highest BCUT2D eigenvalue weighted by molar-refractivity contribution is 5.71. The molecule has 0 fully saturated rings. The third kappa shape index (κ3) is 65.7. The van der Waals surface area contributed by atoms with Gasteiger partial charge in [-0.05, 0) is 116 Å². The maximum atomic E-state index is 12.9. The molecule has 0 aliphatic heterocycles. The number of carbonyl (C=O) groups excluding carboxylic acids is 3. The Kier molecular flexibility index (Phi) is 65.7. The number of allylic oxidation sites excluding steroid dienone is 12. The fourth-order valence-corrected chi connectivity index (χ4v) is 10.1. The number of carbonyl (C=O) groups is 3. The summed E-state index contributed by atoms with van der Waals surface area (Å²) in [5.41, 5.74) is 0. The van der Waals surface area contributed by atoms with E-state index in [0.717, 1.165) is 83.5 Å². The van der Waals surface area contributed by atoms with Crippen LogP contribution in [0.4, 0.5) is 0 Å². The van der Waals surface area contributed by atoms with E-state index in [2.05, 4.69) is 93.7 Å². The summed E-state index contributed by atoms with van der Waals surface area (Å²) in [6.45, 7) is 6.63. The second-order valence-electron chi connectivity index (χ2n) is 23.4. The molecule has 6 heteroatoms. The van der Waals surface area contributed by atoms with Crippen molar-refractivity contribution in [3.63, 3.8) is 0 Å². The Hall–Kier alpha value is -3.15. The van der Waals surface area contributed by atoms with Crippen molar-refractivity contribution in [3.8, 4) is 0 Å². The monoisotopic (exact) mass is 1120 g/mol. The molecular formula is C74H132O6. The quantitative estimate of drug-likeness (QED) is 0.0261. The lowest BCUT2D eigenvalue weighted by molar-refractivity contribution is -0.167. The first-order chi connectivity index (χ1) is 39.5. The first kappa shape index (κ1) is 76.9. The van der Waals surface area contributed by atoms with Crippen molar-refractivity contribution in [2.75, 3.05) is 13.2 Å². The molecule has 0 spiro atoms. The van der Waals surface area contributed by atoms with E-state index >= 15 is 0 Å². The zero-order valence-corrected chi connectivity index (χ0v) is 53.3. The van der Waals surface area contributed by atoms with Gasteiger partial charge in [-0.3, -0.25) is 14.4 Å². The Morgan fingerprint density at radius 1 is 0.250 bits per heavy atom. The first-order valence-electron chi connectivity index (χ1n) is 34.9. The van der Waals surface area contributed by atoms with Gasteiger partial charge >= 0.3 is 17.9 Å². The molecule has 0 rings (SSSR count). The van der Waals surface area contributed by atoms with Crippen LogP contribution in [0, 0.1) is 0 Å². The van der Waals surface area contributed by atoms with Crippen LogP contribution in [0.25, 0.3) is 0 Å². The van der Waals surface area contributed by atoms with Crippen LogP contribution in [0.5, 0.6) is 0 Å². The SMILES string of the molecule is CCCCC/C=C\CCCCCCCC(=O)OCC(COC(=O)CCCCCCCCCCCC/C=C\C/C=C\C/C=C\CCCCCCC)OC(=O)CCCCCCCCCCCCCCC/C=C\C/C=C\CCCCCCC. The molecule has 0 bridgehead atoms. The van der Waals surface area contributed by atoms with Crippen molar-refractivity contribution in [2.24, 2.45) is 0 Å². The highest BCUT2D eigenvalue weighted by Gasteiger charge is 2.19. The maximum Gasteiger partial charge on any atom is 0.306 e. The van der Waals surface area contributed by atoms with Gasteiger partial charge < -0.3 is 14.2 Å². The lowest BCUT2D eigenvalue weighted by Crippen LogP contribution is -2.30. The van der Waals surface area contributed by atoms with Crippen LogP contribution in [0.3, 0.4) is 0 Å². The van der Waals surface area contributed by atoms with Crippen LogP contribution >= 0.6 is 0 Å². The van der Waals surface area contributed by atoms with E-state index < -0.39 is 6.10 Å². The highest BCUT2D eigenvalue weighted by atomic mass is 16.6. The van der Waals surface area contributed by atoms with Crippen molar-refractivity contribution in [3.05, 3.63) is 72.9 Å². The molecule has 0 aromatic carbocycles. The molecule has 464 valence electrons. The molecule has 0 saturated carbocycles. The Morgan fingerprint density at radius 2 is 0.450 bits per heavy atom. The molecule has 0 aliphatic carbocycles. The molecular weight excluding hydrogens is 985 g/mol. The van der Waals surface area contributed by atoms with Crippen LogP contribution in [0.1, 0.15) is 361 Å². The van der Waals surface area contributed by atoms with Gasteiger partial charge in [-0.25, -0.2) is 0 Å². The average molecular weight is 1120 g/mol. The van der Waals surface area contributed by atoms with Gasteiger partial charge in [0.1, 0.15) is 13.2 Å². The Labute approximate surface area is 497 Å². The van der Waals surface area contributed by atoms with Gasteiger partial charge in [-0.1, -0.05) is 299 Å². The zero-order valence-electron chi connectivity index (χ0n) is 53.3. The van der Waals surface area contributed by atoms with E-state index in [1.807, 2.05) is 0 Å². The highest BCUT2D eigenvalue weighted by Crippen LogP contribution is 2.17. The van der Waals surface area contributed by atoms with Gasteiger partial charge in [0.2, 0.25) is 0 Å². The smallest absolute Gasteiger partial charge is 0.306 e. The standard InChI is InChI=1S/C74H132O6/c1-4-7-10-13-16-19-22-25-27-29-31-33-35-37-39-41-43-45-47-49-52-55-58-61-64-67-73(76)79-70-71(69-78-72(75)66-63-60-57-54-51-24-21-18-15-12-9-6-3)80-74(77)68-65-62-59-56-53-50-48-46-44-42-40-38-36-34-32-30-28-26-23-20-17-14-11-8-5-2/h18,21-23,25-26,29-32,35,37,71H,4-17,19-20,24,27-28,33-34,36,38-70H2,1-3H3/b21-18-,25-22-,26-23-,31-29-,32-30-,37-35-. The Morgan fingerprint density at radius 3 is 0.738 bits per heavy atom. The minimum absolute atomic E-state index is 0.0781. The molecule has 0 heterocycles. The van der Waals surface area contributed by atoms with Crippen molar-refractivity contribution >= 4 is 17.9 Å². The van der Waals surface area contributed by atoms with Gasteiger partial charge in [0.25, 0.3) is 0 Å². The number of unbranched alkanes of at least 4 members (excludes halogenated alkanes) is 41. The molecule has 0 aliphatic rings. The van der Waals surface area contributed by atoms with Gasteiger partial charge in [-0.2, -0.15) is 0 Å². The summed E-state index contributed by atoms with van der Waals surface area (Å²) in [7, 11) is 0. The van der Waals surface area contributed by atoms with Crippen LogP contribution in [-0.4, -0.2) is 37.2 Å². The fraction of sp³-hybridized carbons (Fsp3) is 0.797. The van der Waals surface area contributed by atoms with Crippen LogP contribution in [0.2, 0.25) is 0 Å². The summed E-state index contributed by atoms with van der Waals surface area (Å²) in [6.07, 6.45) is 89.2. The second kappa shape index (κ2) is 68.3. The Bertz CT molecular complexity index is 1470. The number of hydrogen-bond donors (Lipinski definition) is 0. The predicted octanol–water partition coefficient (Wildman–Crippen LogP) is 24.1. The summed E-state index contributed by atoms with van der Waals surface area (Å²) in [4.78, 5) is 38.4. The lowest BCUT2D eigenvalue weighted by atomic mass is 10.0. The van der Waals surface area contributed by atoms with Crippen molar-refractivity contribution in [1.29, 1.82) is 0 Å². The lowest BCUT2D eigenvalue weighted by Gasteiger charge is -2.18. The van der Waals surface area contributed by atoms with Crippen LogP contribution in [-0.2, 0) is 28.6 Å². The summed E-state index contributed by atoms with van der Waals surface area (Å²) < 4.78 is 17.0. The minimum Gasteiger partial charge on any atom is -0.462 e. The summed E-state index contributed by atoms with van der Waals surface area (Å²) in [6, 6.07) is 0. The predicted molar refractivity (Wildman–Crippen MR) is 348 cm³/mol. The number of esters is 3. The summed E-state index contributed by atoms with van der Waals surface area (Å²) in [5.74, 6) is -0.874. The van der Waals surface area contributed by atoms with E-state index in [0.29, 0.717) is 19.3 Å². The first-order valence-corrected chi connectivity index (χ1v) is 34.9. The number of rotatable bonds is 64. The molecule has 1 unspecified atom stereocenters. The molecule has 0 N–H and O–H groups in total. The molecule has 1 atom stereocenters. The summed E-state index contributed by atoms with van der Waals surface area (Å²) in [5, 5.41) is 0. The van der Waals surface area contributed by atoms with E-state index in [9.17, 15) is 14.4 Å². The maximum absolute atomic E-state index is 12.9. The minimum atomic E-state index is -0.782. The average Bonchev–Trinajstić information content (AvgIpc) is 3.46. The van der Waals surface area contributed by atoms with Gasteiger partial charge in [0, 0.05) is 19.3 Å². The molecule has 80 heavy (non-hydrogen) atoms. The van der Waals surface area contributed by atoms with E-state index in [4.69, 9.17) is 14.2 Å². The molecule has 6 nitrogen and oxygen atoms in total. The van der Waals surface area contributed by atoms with E-state index in [1.165, 1.54) is 238 Å². The van der Waals surface area contributed by atoms with Crippen molar-refractivity contribution in [1.82, 2.24) is 0 Å². The van der Waals surface area contributed by atoms with E-state index in [-0.39, 0.29) is 31.1 Å². The molecule has 0 amide bonds. The van der Waals surface area contributed by atoms with Gasteiger partial charge in [0.05, 0.1) is 0 Å². The van der Waals surface area contributed by atoms with Crippen LogP contribution < -0.4 is 0 Å². The van der Waals surface area contributed by atoms with Crippen molar-refractivity contribution < 1.29 is 28.6 Å². The normalized spacial score (nSPS) is 12.5. The topological polar surface area (TPSA) is 78.9 Å². The van der Waals surface area contributed by atoms with Crippen LogP contribution in [0.15, 0.2) is 72.9 Å². The summed E-state index contributed by atoms with van der Waals surface area (Å²) >= 11 is 0. The largest absolute Gasteiger partial charge is 0.462 e. The zero-order chi connectivity index (χ0) is 57.8. The fourth-order valence-electron chi connectivity index (χ4n) is 10.1. The second-order valence-corrected chi connectivity index (χ2v) is 23.4. The molecule has 0 radical (unpaired) electrons. The third-order valence-corrected chi connectivity index (χ3v) is 15.4. The molecule has 0 saturated heterocycles. The van der Waals surface area contributed by atoms with Gasteiger partial charge in [0.15, 0.2) is 6.10 Å². The number of ether oxygens (including phenoxy) is 3. The molecule has 0 aromatic heterocycles.